The minimum absolute atomic E-state index is 0.318. The maximum atomic E-state index is 11.7. The van der Waals surface area contributed by atoms with Crippen LogP contribution in [0.1, 0.15) is 26.3 Å². The van der Waals surface area contributed by atoms with Crippen LogP contribution in [0.25, 0.3) is 0 Å². The minimum Gasteiger partial charge on any atom is -0.443 e. The van der Waals surface area contributed by atoms with E-state index in [0.717, 1.165) is 14.0 Å². The lowest BCUT2D eigenvalue weighted by Gasteiger charge is -2.23. The Morgan fingerprint density at radius 3 is 2.37 bits per heavy atom. The Bertz CT molecular complexity index is 437. The number of nitrogens with zero attached hydrogens (tertiary/aromatic N) is 1. The molecule has 1 aromatic rings. The van der Waals surface area contributed by atoms with Crippen LogP contribution in [0.5, 0.6) is 0 Å². The first-order chi connectivity index (χ1) is 8.81. The molecular weight excluding hydrogens is 357 g/mol. The van der Waals surface area contributed by atoms with Gasteiger partial charge in [0.1, 0.15) is 5.60 Å². The Hall–Kier alpha value is -1.11. The quantitative estimate of drug-likeness (QED) is 0.600. The zero-order valence-corrected chi connectivity index (χ0v) is 13.5. The van der Waals surface area contributed by atoms with Gasteiger partial charge in [0.2, 0.25) is 6.41 Å². The van der Waals surface area contributed by atoms with E-state index < -0.39 is 11.7 Å². The minimum atomic E-state index is -0.604. The SMILES string of the molecule is CC(C)(C)OC(=O)N(C=O)CCc1ccc(I)cc1. The van der Waals surface area contributed by atoms with Crippen molar-refractivity contribution in [2.75, 3.05) is 6.54 Å². The molecule has 1 aromatic carbocycles. The summed E-state index contributed by atoms with van der Waals surface area (Å²) in [7, 11) is 0. The third-order valence-corrected chi connectivity index (χ3v) is 3.03. The lowest BCUT2D eigenvalue weighted by Crippen LogP contribution is -2.37. The molecule has 0 aliphatic heterocycles. The van der Waals surface area contributed by atoms with E-state index in [4.69, 9.17) is 4.74 Å². The molecule has 0 bridgehead atoms. The Balaban J connectivity index is 2.55. The van der Waals surface area contributed by atoms with Gasteiger partial charge >= 0.3 is 6.09 Å². The topological polar surface area (TPSA) is 46.6 Å². The lowest BCUT2D eigenvalue weighted by atomic mass is 10.1. The standard InChI is InChI=1S/C14H18INO3/c1-14(2,3)19-13(18)16(10-17)9-8-11-4-6-12(15)7-5-11/h4-7,10H,8-9H2,1-3H3. The van der Waals surface area contributed by atoms with Crippen LogP contribution >= 0.6 is 22.6 Å². The molecule has 104 valence electrons. The fourth-order valence-corrected chi connectivity index (χ4v) is 1.77. The summed E-state index contributed by atoms with van der Waals surface area (Å²) in [5.41, 5.74) is 0.483. The lowest BCUT2D eigenvalue weighted by molar-refractivity contribution is -0.117. The highest BCUT2D eigenvalue weighted by atomic mass is 127. The molecule has 19 heavy (non-hydrogen) atoms. The van der Waals surface area contributed by atoms with E-state index in [9.17, 15) is 9.59 Å². The summed E-state index contributed by atoms with van der Waals surface area (Å²) in [6.07, 6.45) is 0.531. The summed E-state index contributed by atoms with van der Waals surface area (Å²) in [4.78, 5) is 23.7. The summed E-state index contributed by atoms with van der Waals surface area (Å²) in [5.74, 6) is 0. The largest absolute Gasteiger partial charge is 0.443 e. The van der Waals surface area contributed by atoms with Crippen molar-refractivity contribution in [3.63, 3.8) is 0 Å². The van der Waals surface area contributed by atoms with Gasteiger partial charge in [-0.3, -0.25) is 4.79 Å². The molecule has 0 saturated carbocycles. The van der Waals surface area contributed by atoms with E-state index in [2.05, 4.69) is 22.6 Å². The fourth-order valence-electron chi connectivity index (χ4n) is 1.41. The monoisotopic (exact) mass is 375 g/mol. The van der Waals surface area contributed by atoms with Crippen LogP contribution < -0.4 is 0 Å². The van der Waals surface area contributed by atoms with Crippen LogP contribution in [0.4, 0.5) is 4.79 Å². The highest BCUT2D eigenvalue weighted by molar-refractivity contribution is 14.1. The normalized spacial score (nSPS) is 10.9. The number of benzene rings is 1. The van der Waals surface area contributed by atoms with Gasteiger partial charge in [-0.25, -0.2) is 9.69 Å². The van der Waals surface area contributed by atoms with Crippen molar-refractivity contribution in [3.05, 3.63) is 33.4 Å². The number of hydrogen-bond donors (Lipinski definition) is 0. The van der Waals surface area contributed by atoms with Gasteiger partial charge in [-0.05, 0) is 67.5 Å². The maximum Gasteiger partial charge on any atom is 0.416 e. The molecule has 0 heterocycles. The third kappa shape index (κ3) is 6.04. The molecule has 0 saturated heterocycles. The summed E-state index contributed by atoms with van der Waals surface area (Å²) in [6, 6.07) is 7.96. The number of halogens is 1. The molecule has 0 aliphatic rings. The number of carbonyl (C=O) groups is 2. The van der Waals surface area contributed by atoms with E-state index in [1.807, 2.05) is 24.3 Å². The van der Waals surface area contributed by atoms with E-state index in [-0.39, 0.29) is 0 Å². The predicted octanol–water partition coefficient (Wildman–Crippen LogP) is 3.23. The molecule has 0 spiro atoms. The van der Waals surface area contributed by atoms with Crippen molar-refractivity contribution in [1.29, 1.82) is 0 Å². The van der Waals surface area contributed by atoms with Crippen molar-refractivity contribution < 1.29 is 14.3 Å². The van der Waals surface area contributed by atoms with Gasteiger partial charge < -0.3 is 4.74 Å². The van der Waals surface area contributed by atoms with E-state index in [1.54, 1.807) is 20.8 Å². The van der Waals surface area contributed by atoms with Gasteiger partial charge in [-0.15, -0.1) is 0 Å². The van der Waals surface area contributed by atoms with E-state index >= 15 is 0 Å². The molecule has 0 radical (unpaired) electrons. The second-order valence-electron chi connectivity index (χ2n) is 5.16. The zero-order chi connectivity index (χ0) is 14.5. The first-order valence-electron chi connectivity index (χ1n) is 6.01. The van der Waals surface area contributed by atoms with Crippen molar-refractivity contribution in [2.24, 2.45) is 0 Å². The molecule has 0 fully saturated rings. The van der Waals surface area contributed by atoms with Crippen LogP contribution in [-0.2, 0) is 16.0 Å². The molecule has 1 rings (SSSR count). The van der Waals surface area contributed by atoms with Gasteiger partial charge in [-0.2, -0.15) is 0 Å². The second-order valence-corrected chi connectivity index (χ2v) is 6.40. The van der Waals surface area contributed by atoms with Gasteiger partial charge in [-0.1, -0.05) is 12.1 Å². The van der Waals surface area contributed by atoms with Crippen LogP contribution in [-0.4, -0.2) is 29.5 Å². The van der Waals surface area contributed by atoms with Crippen molar-refractivity contribution in [2.45, 2.75) is 32.8 Å². The number of imide groups is 1. The second kappa shape index (κ2) is 6.88. The summed E-state index contributed by atoms with van der Waals surface area (Å²) in [6.45, 7) is 5.63. The highest BCUT2D eigenvalue weighted by Gasteiger charge is 2.21. The Kier molecular flexibility index (Phi) is 5.78. The maximum absolute atomic E-state index is 11.7. The summed E-state index contributed by atoms with van der Waals surface area (Å²) in [5, 5.41) is 0. The smallest absolute Gasteiger partial charge is 0.416 e. The van der Waals surface area contributed by atoms with Gasteiger partial charge in [0.05, 0.1) is 0 Å². The van der Waals surface area contributed by atoms with Crippen LogP contribution in [0.15, 0.2) is 24.3 Å². The first kappa shape index (κ1) is 15.9. The summed E-state index contributed by atoms with van der Waals surface area (Å²) < 4.78 is 6.31. The number of ether oxygens (including phenoxy) is 1. The van der Waals surface area contributed by atoms with Gasteiger partial charge in [0.25, 0.3) is 0 Å². The van der Waals surface area contributed by atoms with Crippen LogP contribution in [0, 0.1) is 3.57 Å². The zero-order valence-electron chi connectivity index (χ0n) is 11.4. The molecule has 0 atom stereocenters. The van der Waals surface area contributed by atoms with Crippen molar-refractivity contribution >= 4 is 35.1 Å². The average molecular weight is 375 g/mol. The number of carbonyl (C=O) groups excluding carboxylic acids is 2. The number of hydrogen-bond acceptors (Lipinski definition) is 3. The first-order valence-corrected chi connectivity index (χ1v) is 7.09. The average Bonchev–Trinajstić information content (AvgIpc) is 2.30. The van der Waals surface area contributed by atoms with Gasteiger partial charge in [0.15, 0.2) is 0 Å². The van der Waals surface area contributed by atoms with Crippen LogP contribution in [0.3, 0.4) is 0 Å². The Labute approximate surface area is 127 Å². The number of amides is 2. The molecule has 0 aromatic heterocycles. The van der Waals surface area contributed by atoms with E-state index in [1.165, 1.54) is 0 Å². The Morgan fingerprint density at radius 2 is 1.89 bits per heavy atom. The molecule has 5 heteroatoms. The highest BCUT2D eigenvalue weighted by Crippen LogP contribution is 2.11. The van der Waals surface area contributed by atoms with Gasteiger partial charge in [0, 0.05) is 10.1 Å². The molecule has 2 amide bonds. The molecule has 0 N–H and O–H groups in total. The van der Waals surface area contributed by atoms with Crippen molar-refractivity contribution in [3.8, 4) is 0 Å². The van der Waals surface area contributed by atoms with Crippen molar-refractivity contribution in [1.82, 2.24) is 4.90 Å². The Morgan fingerprint density at radius 1 is 1.32 bits per heavy atom. The molecule has 4 nitrogen and oxygen atoms in total. The molecule has 0 unspecified atom stereocenters. The fraction of sp³-hybridized carbons (Fsp3) is 0.429. The third-order valence-electron chi connectivity index (χ3n) is 2.31. The predicted molar refractivity (Wildman–Crippen MR) is 81.9 cm³/mol. The molecular formula is C14H18INO3. The van der Waals surface area contributed by atoms with E-state index in [0.29, 0.717) is 19.4 Å². The summed E-state index contributed by atoms with van der Waals surface area (Å²) >= 11 is 2.23. The number of rotatable bonds is 4. The van der Waals surface area contributed by atoms with Crippen LogP contribution in [0.2, 0.25) is 0 Å². The molecule has 0 aliphatic carbocycles.